The fraction of sp³-hybridized carbons (Fsp3) is 0.571. The zero-order valence-electron chi connectivity index (χ0n) is 10.8. The molecule has 1 unspecified atom stereocenters. The average Bonchev–Trinajstić information content (AvgIpc) is 2.38. The molecule has 1 saturated heterocycles. The summed E-state index contributed by atoms with van der Waals surface area (Å²) in [6, 6.07) is 5.16. The summed E-state index contributed by atoms with van der Waals surface area (Å²) in [6.45, 7) is 1.81. The highest BCUT2D eigenvalue weighted by molar-refractivity contribution is 5.44. The van der Waals surface area contributed by atoms with Crippen LogP contribution in [0.15, 0.2) is 18.2 Å². The first-order valence-corrected chi connectivity index (χ1v) is 6.32. The SMILES string of the molecule is COc1cccc(C2CCCCN2)c1C(C)(F)F. The number of hydrogen-bond donors (Lipinski definition) is 1. The molecule has 1 heterocycles. The number of rotatable bonds is 3. The molecule has 1 aromatic rings. The van der Waals surface area contributed by atoms with Crippen LogP contribution in [0.25, 0.3) is 0 Å². The molecular formula is C14H19F2NO. The van der Waals surface area contributed by atoms with Crippen molar-refractivity contribution in [2.75, 3.05) is 13.7 Å². The van der Waals surface area contributed by atoms with Gasteiger partial charge in [0.05, 0.1) is 12.7 Å². The number of piperidine rings is 1. The zero-order valence-corrected chi connectivity index (χ0v) is 10.8. The lowest BCUT2D eigenvalue weighted by atomic mass is 9.91. The number of alkyl halides is 2. The van der Waals surface area contributed by atoms with Crippen LogP contribution in [0.1, 0.15) is 43.4 Å². The zero-order chi connectivity index (χ0) is 13.2. The van der Waals surface area contributed by atoms with E-state index in [1.165, 1.54) is 7.11 Å². The molecule has 0 amide bonds. The van der Waals surface area contributed by atoms with Gasteiger partial charge in [0.25, 0.3) is 5.92 Å². The van der Waals surface area contributed by atoms with Crippen LogP contribution >= 0.6 is 0 Å². The predicted molar refractivity (Wildman–Crippen MR) is 67.2 cm³/mol. The van der Waals surface area contributed by atoms with Crippen LogP contribution in [-0.2, 0) is 5.92 Å². The van der Waals surface area contributed by atoms with Crippen LogP contribution in [-0.4, -0.2) is 13.7 Å². The fourth-order valence-corrected chi connectivity index (χ4v) is 2.60. The molecule has 0 aromatic heterocycles. The summed E-state index contributed by atoms with van der Waals surface area (Å²) in [4.78, 5) is 0. The molecule has 1 aliphatic heterocycles. The Morgan fingerprint density at radius 1 is 1.33 bits per heavy atom. The summed E-state index contributed by atoms with van der Waals surface area (Å²) < 4.78 is 32.7. The highest BCUT2D eigenvalue weighted by Gasteiger charge is 2.34. The first-order valence-electron chi connectivity index (χ1n) is 6.32. The van der Waals surface area contributed by atoms with Gasteiger partial charge in [0.15, 0.2) is 0 Å². The first-order chi connectivity index (χ1) is 8.54. The van der Waals surface area contributed by atoms with Crippen LogP contribution in [0, 0.1) is 0 Å². The van der Waals surface area contributed by atoms with Gasteiger partial charge < -0.3 is 10.1 Å². The molecule has 0 aliphatic carbocycles. The summed E-state index contributed by atoms with van der Waals surface area (Å²) >= 11 is 0. The molecular weight excluding hydrogens is 236 g/mol. The van der Waals surface area contributed by atoms with E-state index in [0.29, 0.717) is 5.56 Å². The molecule has 100 valence electrons. The third-order valence-electron chi connectivity index (χ3n) is 3.40. The number of nitrogens with one attached hydrogen (secondary N) is 1. The lowest BCUT2D eigenvalue weighted by Gasteiger charge is -2.28. The topological polar surface area (TPSA) is 21.3 Å². The molecule has 2 rings (SSSR count). The van der Waals surface area contributed by atoms with Gasteiger partial charge in [-0.25, -0.2) is 8.78 Å². The molecule has 0 saturated carbocycles. The number of methoxy groups -OCH3 is 1. The third-order valence-corrected chi connectivity index (χ3v) is 3.40. The summed E-state index contributed by atoms with van der Waals surface area (Å²) in [6.07, 6.45) is 3.08. The fourth-order valence-electron chi connectivity index (χ4n) is 2.60. The van der Waals surface area contributed by atoms with E-state index in [1.807, 2.05) is 0 Å². The second-order valence-electron chi connectivity index (χ2n) is 4.82. The predicted octanol–water partition coefficient (Wildman–Crippen LogP) is 3.62. The molecule has 1 fully saturated rings. The van der Waals surface area contributed by atoms with Gasteiger partial charge in [0, 0.05) is 13.0 Å². The molecule has 1 atom stereocenters. The monoisotopic (exact) mass is 255 g/mol. The quantitative estimate of drug-likeness (QED) is 0.890. The number of halogens is 2. The summed E-state index contributed by atoms with van der Waals surface area (Å²) in [5.41, 5.74) is 0.688. The standard InChI is InChI=1S/C14H19F2NO/c1-14(15,16)13-10(6-5-8-12(13)18-2)11-7-3-4-9-17-11/h5-6,8,11,17H,3-4,7,9H2,1-2H3. The number of hydrogen-bond acceptors (Lipinski definition) is 2. The largest absolute Gasteiger partial charge is 0.496 e. The summed E-state index contributed by atoms with van der Waals surface area (Å²) in [7, 11) is 1.43. The minimum absolute atomic E-state index is 0.00896. The molecule has 2 nitrogen and oxygen atoms in total. The van der Waals surface area contributed by atoms with Crippen molar-refractivity contribution in [3.05, 3.63) is 29.3 Å². The van der Waals surface area contributed by atoms with E-state index in [9.17, 15) is 8.78 Å². The van der Waals surface area contributed by atoms with E-state index in [2.05, 4.69) is 5.32 Å². The Morgan fingerprint density at radius 3 is 2.67 bits per heavy atom. The maximum atomic E-state index is 13.8. The van der Waals surface area contributed by atoms with Crippen LogP contribution in [0.4, 0.5) is 8.78 Å². The van der Waals surface area contributed by atoms with E-state index >= 15 is 0 Å². The highest BCUT2D eigenvalue weighted by atomic mass is 19.3. The van der Waals surface area contributed by atoms with Gasteiger partial charge in [-0.15, -0.1) is 0 Å². The highest BCUT2D eigenvalue weighted by Crippen LogP contribution is 2.40. The van der Waals surface area contributed by atoms with Crippen LogP contribution in [0.2, 0.25) is 0 Å². The van der Waals surface area contributed by atoms with Crippen LogP contribution in [0.3, 0.4) is 0 Å². The van der Waals surface area contributed by atoms with Gasteiger partial charge in [-0.1, -0.05) is 18.6 Å². The van der Waals surface area contributed by atoms with Crippen molar-refractivity contribution < 1.29 is 13.5 Å². The van der Waals surface area contributed by atoms with E-state index in [-0.39, 0.29) is 17.4 Å². The Morgan fingerprint density at radius 2 is 2.11 bits per heavy atom. The maximum Gasteiger partial charge on any atom is 0.274 e. The Labute approximate surface area is 106 Å². The second-order valence-corrected chi connectivity index (χ2v) is 4.82. The number of ether oxygens (including phenoxy) is 1. The summed E-state index contributed by atoms with van der Waals surface area (Å²) in [5, 5.41) is 3.31. The minimum Gasteiger partial charge on any atom is -0.496 e. The van der Waals surface area contributed by atoms with Crippen molar-refractivity contribution in [3.63, 3.8) is 0 Å². The molecule has 1 aromatic carbocycles. The van der Waals surface area contributed by atoms with Crippen molar-refractivity contribution in [1.82, 2.24) is 5.32 Å². The van der Waals surface area contributed by atoms with Gasteiger partial charge in [-0.3, -0.25) is 0 Å². The third kappa shape index (κ3) is 2.64. The van der Waals surface area contributed by atoms with Crippen LogP contribution < -0.4 is 10.1 Å². The second kappa shape index (κ2) is 5.22. The maximum absolute atomic E-state index is 13.8. The van der Waals surface area contributed by atoms with Crippen LogP contribution in [0.5, 0.6) is 5.75 Å². The van der Waals surface area contributed by atoms with E-state index in [1.54, 1.807) is 18.2 Å². The average molecular weight is 255 g/mol. The van der Waals surface area contributed by atoms with Crippen molar-refractivity contribution in [3.8, 4) is 5.75 Å². The Bertz CT molecular complexity index is 409. The van der Waals surface area contributed by atoms with Crippen molar-refractivity contribution in [2.24, 2.45) is 0 Å². The van der Waals surface area contributed by atoms with E-state index in [4.69, 9.17) is 4.74 Å². The summed E-state index contributed by atoms with van der Waals surface area (Å²) in [5.74, 6) is -2.62. The molecule has 0 bridgehead atoms. The normalized spacial score (nSPS) is 20.8. The smallest absolute Gasteiger partial charge is 0.274 e. The van der Waals surface area contributed by atoms with Crippen molar-refractivity contribution in [2.45, 2.75) is 38.2 Å². The Hall–Kier alpha value is -1.16. The van der Waals surface area contributed by atoms with Crippen molar-refractivity contribution in [1.29, 1.82) is 0 Å². The van der Waals surface area contributed by atoms with Crippen molar-refractivity contribution >= 4 is 0 Å². The Kier molecular flexibility index (Phi) is 3.85. The molecule has 1 N–H and O–H groups in total. The lowest BCUT2D eigenvalue weighted by molar-refractivity contribution is 0.0134. The van der Waals surface area contributed by atoms with E-state index in [0.717, 1.165) is 32.7 Å². The molecule has 4 heteroatoms. The first kappa shape index (κ1) is 13.3. The molecule has 0 spiro atoms. The van der Waals surface area contributed by atoms with Gasteiger partial charge in [0.1, 0.15) is 5.75 Å². The van der Waals surface area contributed by atoms with Gasteiger partial charge in [0.2, 0.25) is 0 Å². The van der Waals surface area contributed by atoms with E-state index < -0.39 is 5.92 Å². The van der Waals surface area contributed by atoms with Gasteiger partial charge in [-0.2, -0.15) is 0 Å². The van der Waals surface area contributed by atoms with Gasteiger partial charge in [-0.05, 0) is 31.0 Å². The number of benzene rings is 1. The Balaban J connectivity index is 2.45. The minimum atomic E-state index is -2.89. The lowest BCUT2D eigenvalue weighted by Crippen LogP contribution is -2.29. The molecule has 18 heavy (non-hydrogen) atoms. The van der Waals surface area contributed by atoms with Gasteiger partial charge >= 0.3 is 0 Å². The molecule has 0 radical (unpaired) electrons. The molecule has 1 aliphatic rings.